The number of hydrogen-bond donors (Lipinski definition) is 1. The van der Waals surface area contributed by atoms with Crippen molar-refractivity contribution in [3.05, 3.63) is 0 Å². The molecule has 1 unspecified atom stereocenters. The second-order valence-corrected chi connectivity index (χ2v) is 4.38. The van der Waals surface area contributed by atoms with E-state index in [0.717, 1.165) is 12.8 Å². The van der Waals surface area contributed by atoms with Crippen molar-refractivity contribution >= 4 is 11.8 Å². The van der Waals surface area contributed by atoms with Gasteiger partial charge >= 0.3 is 0 Å². The summed E-state index contributed by atoms with van der Waals surface area (Å²) in [6, 6.07) is 0.0860. The van der Waals surface area contributed by atoms with Crippen molar-refractivity contribution in [3.63, 3.8) is 0 Å². The quantitative estimate of drug-likeness (QED) is 0.728. The molecule has 15 heavy (non-hydrogen) atoms. The van der Waals surface area contributed by atoms with E-state index < -0.39 is 0 Å². The number of nitrogens with one attached hydrogen (secondary N) is 1. The van der Waals surface area contributed by atoms with Crippen molar-refractivity contribution in [3.8, 4) is 0 Å². The van der Waals surface area contributed by atoms with Crippen LogP contribution in [0.1, 0.15) is 39.0 Å². The molecule has 1 atom stereocenters. The third-order valence-electron chi connectivity index (χ3n) is 3.45. The van der Waals surface area contributed by atoms with Gasteiger partial charge in [-0.1, -0.05) is 19.8 Å². The number of nitrogens with zero attached hydrogens (tertiary/aromatic N) is 1. The van der Waals surface area contributed by atoms with Gasteiger partial charge in [-0.15, -0.1) is 0 Å². The highest BCUT2D eigenvalue weighted by atomic mass is 16.2. The predicted octanol–water partition coefficient (Wildman–Crippen LogP) is 0.666. The van der Waals surface area contributed by atoms with Gasteiger partial charge in [-0.25, -0.2) is 0 Å². The van der Waals surface area contributed by atoms with E-state index in [1.165, 1.54) is 12.8 Å². The highest BCUT2D eigenvalue weighted by Crippen LogP contribution is 2.27. The molecule has 0 aromatic heterocycles. The van der Waals surface area contributed by atoms with Gasteiger partial charge in [0, 0.05) is 6.04 Å². The first kappa shape index (κ1) is 10.5. The van der Waals surface area contributed by atoms with E-state index in [2.05, 4.69) is 5.32 Å². The first-order valence-electron chi connectivity index (χ1n) is 5.83. The molecule has 4 heteroatoms. The van der Waals surface area contributed by atoms with Crippen LogP contribution in [0.25, 0.3) is 0 Å². The molecule has 2 amide bonds. The Kier molecular flexibility index (Phi) is 2.93. The molecule has 1 saturated heterocycles. The average Bonchev–Trinajstić information content (AvgIpc) is 2.74. The molecule has 0 bridgehead atoms. The summed E-state index contributed by atoms with van der Waals surface area (Å²) in [4.78, 5) is 25.3. The van der Waals surface area contributed by atoms with Crippen LogP contribution < -0.4 is 5.32 Å². The molecule has 1 heterocycles. The molecule has 2 aliphatic rings. The number of piperazine rings is 1. The van der Waals surface area contributed by atoms with Crippen molar-refractivity contribution in [1.29, 1.82) is 0 Å². The zero-order chi connectivity index (χ0) is 10.8. The average molecular weight is 210 g/mol. The summed E-state index contributed by atoms with van der Waals surface area (Å²) in [5.74, 6) is 0.109. The minimum atomic E-state index is -0.227. The van der Waals surface area contributed by atoms with Crippen LogP contribution >= 0.6 is 0 Å². The van der Waals surface area contributed by atoms with Crippen molar-refractivity contribution in [2.45, 2.75) is 51.1 Å². The molecule has 0 radical (unpaired) electrons. The zero-order valence-electron chi connectivity index (χ0n) is 9.16. The molecule has 1 saturated carbocycles. The summed E-state index contributed by atoms with van der Waals surface area (Å²) in [6.45, 7) is 2.15. The Morgan fingerprint density at radius 3 is 2.60 bits per heavy atom. The Labute approximate surface area is 90.0 Å². The lowest BCUT2D eigenvalue weighted by molar-refractivity contribution is -0.148. The van der Waals surface area contributed by atoms with Gasteiger partial charge in [-0.2, -0.15) is 0 Å². The largest absolute Gasteiger partial charge is 0.345 e. The van der Waals surface area contributed by atoms with E-state index in [9.17, 15) is 9.59 Å². The van der Waals surface area contributed by atoms with Gasteiger partial charge in [-0.05, 0) is 19.3 Å². The fourth-order valence-corrected chi connectivity index (χ4v) is 2.69. The van der Waals surface area contributed by atoms with Crippen LogP contribution in [0, 0.1) is 0 Å². The van der Waals surface area contributed by atoms with Crippen LogP contribution in [0.4, 0.5) is 0 Å². The van der Waals surface area contributed by atoms with Crippen LogP contribution in [-0.2, 0) is 9.59 Å². The van der Waals surface area contributed by atoms with Crippen LogP contribution in [-0.4, -0.2) is 35.3 Å². The van der Waals surface area contributed by atoms with Crippen LogP contribution in [0.5, 0.6) is 0 Å². The molecule has 1 aliphatic heterocycles. The Hall–Kier alpha value is -1.06. The van der Waals surface area contributed by atoms with Crippen molar-refractivity contribution < 1.29 is 9.59 Å². The van der Waals surface area contributed by atoms with E-state index in [1.54, 1.807) is 0 Å². The molecular weight excluding hydrogens is 192 g/mol. The van der Waals surface area contributed by atoms with Crippen LogP contribution in [0.3, 0.4) is 0 Å². The molecule has 2 fully saturated rings. The normalized spacial score (nSPS) is 28.3. The minimum absolute atomic E-state index is 0.0176. The second-order valence-electron chi connectivity index (χ2n) is 4.38. The van der Waals surface area contributed by atoms with Crippen molar-refractivity contribution in [2.75, 3.05) is 6.54 Å². The smallest absolute Gasteiger partial charge is 0.243 e. The van der Waals surface area contributed by atoms with Gasteiger partial charge in [0.1, 0.15) is 6.04 Å². The Bertz CT molecular complexity index is 272. The van der Waals surface area contributed by atoms with Crippen molar-refractivity contribution in [1.82, 2.24) is 10.2 Å². The molecular formula is C11H18N2O2. The summed E-state index contributed by atoms with van der Waals surface area (Å²) < 4.78 is 0. The number of amides is 2. The summed E-state index contributed by atoms with van der Waals surface area (Å²) in [5, 5.41) is 2.66. The standard InChI is InChI=1S/C11H18N2O2/c1-2-9-11(15)12-7-10(14)13(9)8-5-3-4-6-8/h8-9H,2-7H2,1H3,(H,12,15). The molecule has 2 rings (SSSR count). The first-order chi connectivity index (χ1) is 7.24. The van der Waals surface area contributed by atoms with Gasteiger partial charge in [0.05, 0.1) is 6.54 Å². The summed E-state index contributed by atoms with van der Waals surface area (Å²) in [6.07, 6.45) is 5.22. The zero-order valence-corrected chi connectivity index (χ0v) is 9.16. The molecule has 1 aliphatic carbocycles. The topological polar surface area (TPSA) is 49.4 Å². The van der Waals surface area contributed by atoms with Crippen LogP contribution in [0.15, 0.2) is 0 Å². The molecule has 0 aromatic carbocycles. The van der Waals surface area contributed by atoms with Gasteiger partial charge in [-0.3, -0.25) is 9.59 Å². The molecule has 84 valence electrons. The first-order valence-corrected chi connectivity index (χ1v) is 5.83. The third-order valence-corrected chi connectivity index (χ3v) is 3.45. The number of hydrogen-bond acceptors (Lipinski definition) is 2. The predicted molar refractivity (Wildman–Crippen MR) is 56.2 cm³/mol. The number of carbonyl (C=O) groups is 2. The summed E-state index contributed by atoms with van der Waals surface area (Å²) >= 11 is 0. The van der Waals surface area contributed by atoms with Gasteiger partial charge in [0.2, 0.25) is 11.8 Å². The van der Waals surface area contributed by atoms with E-state index in [4.69, 9.17) is 0 Å². The Morgan fingerprint density at radius 2 is 2.00 bits per heavy atom. The maximum Gasteiger partial charge on any atom is 0.243 e. The lowest BCUT2D eigenvalue weighted by Gasteiger charge is -2.38. The number of rotatable bonds is 2. The Balaban J connectivity index is 2.15. The molecule has 0 aromatic rings. The fraction of sp³-hybridized carbons (Fsp3) is 0.818. The molecule has 4 nitrogen and oxygen atoms in total. The van der Waals surface area contributed by atoms with E-state index in [1.807, 2.05) is 11.8 Å². The van der Waals surface area contributed by atoms with Crippen molar-refractivity contribution in [2.24, 2.45) is 0 Å². The highest BCUT2D eigenvalue weighted by Gasteiger charge is 2.38. The Morgan fingerprint density at radius 1 is 1.33 bits per heavy atom. The SMILES string of the molecule is CCC1C(=O)NCC(=O)N1C1CCCC1. The van der Waals surface area contributed by atoms with E-state index >= 15 is 0 Å². The summed E-state index contributed by atoms with van der Waals surface area (Å²) in [7, 11) is 0. The number of carbonyl (C=O) groups excluding carboxylic acids is 2. The summed E-state index contributed by atoms with van der Waals surface area (Å²) in [5.41, 5.74) is 0. The molecule has 1 N–H and O–H groups in total. The minimum Gasteiger partial charge on any atom is -0.345 e. The van der Waals surface area contributed by atoms with E-state index in [0.29, 0.717) is 12.5 Å². The highest BCUT2D eigenvalue weighted by molar-refractivity contribution is 5.94. The monoisotopic (exact) mass is 210 g/mol. The van der Waals surface area contributed by atoms with E-state index in [-0.39, 0.29) is 24.4 Å². The van der Waals surface area contributed by atoms with Gasteiger partial charge in [0.25, 0.3) is 0 Å². The third kappa shape index (κ3) is 1.85. The van der Waals surface area contributed by atoms with Gasteiger partial charge in [0.15, 0.2) is 0 Å². The van der Waals surface area contributed by atoms with Gasteiger partial charge < -0.3 is 10.2 Å². The second kappa shape index (κ2) is 4.21. The lowest BCUT2D eigenvalue weighted by atomic mass is 10.1. The fourth-order valence-electron chi connectivity index (χ4n) is 2.69. The maximum absolute atomic E-state index is 11.8. The molecule has 0 spiro atoms. The van der Waals surface area contributed by atoms with Crippen LogP contribution in [0.2, 0.25) is 0 Å². The maximum atomic E-state index is 11.8. The lowest BCUT2D eigenvalue weighted by Crippen LogP contribution is -2.60.